The van der Waals surface area contributed by atoms with E-state index in [0.717, 1.165) is 31.5 Å². The van der Waals surface area contributed by atoms with Gasteiger partial charge in [0, 0.05) is 0 Å². The maximum Gasteiger partial charge on any atom is 0.310 e. The van der Waals surface area contributed by atoms with Crippen molar-refractivity contribution in [2.45, 2.75) is 45.4 Å². The Balaban J connectivity index is 1.79. The minimum Gasteiger partial charge on any atom is -0.465 e. The maximum absolute atomic E-state index is 11.9. The van der Waals surface area contributed by atoms with Gasteiger partial charge in [-0.2, -0.15) is 0 Å². The Labute approximate surface area is 128 Å². The van der Waals surface area contributed by atoms with Crippen LogP contribution in [-0.2, 0) is 21.4 Å². The molecule has 0 saturated carbocycles. The first kappa shape index (κ1) is 16.0. The highest BCUT2D eigenvalue weighted by Gasteiger charge is 2.16. The van der Waals surface area contributed by atoms with Crippen molar-refractivity contribution in [2.75, 3.05) is 19.7 Å². The highest BCUT2D eigenvalue weighted by atomic mass is 16.5. The molecule has 1 aliphatic rings. The Morgan fingerprint density at radius 2 is 1.81 bits per heavy atom. The molecule has 1 N–H and O–H groups in total. The third-order valence-electron chi connectivity index (χ3n) is 4.11. The highest BCUT2D eigenvalue weighted by Crippen LogP contribution is 2.22. The van der Waals surface area contributed by atoms with Crippen LogP contribution in [0, 0.1) is 5.92 Å². The number of carbonyl (C=O) groups is 1. The first-order chi connectivity index (χ1) is 9.95. The molecule has 21 heavy (non-hydrogen) atoms. The van der Waals surface area contributed by atoms with Crippen LogP contribution < -0.4 is 5.32 Å². The first-order valence-electron chi connectivity index (χ1n) is 7.91. The third kappa shape index (κ3) is 5.16. The minimum absolute atomic E-state index is 0.114. The third-order valence-corrected chi connectivity index (χ3v) is 4.11. The van der Waals surface area contributed by atoms with E-state index in [2.05, 4.69) is 38.2 Å². The summed E-state index contributed by atoms with van der Waals surface area (Å²) >= 11 is 0. The topological polar surface area (TPSA) is 38.3 Å². The summed E-state index contributed by atoms with van der Waals surface area (Å²) < 4.78 is 5.42. The lowest BCUT2D eigenvalue weighted by atomic mass is 9.86. The molecular formula is C18H27NO2. The summed E-state index contributed by atoms with van der Waals surface area (Å²) in [4.78, 5) is 11.9. The summed E-state index contributed by atoms with van der Waals surface area (Å²) in [5, 5.41) is 3.32. The summed E-state index contributed by atoms with van der Waals surface area (Å²) in [5.74, 6) is 0.413. The largest absolute Gasteiger partial charge is 0.465 e. The van der Waals surface area contributed by atoms with Gasteiger partial charge in [-0.25, -0.2) is 0 Å². The van der Waals surface area contributed by atoms with Crippen molar-refractivity contribution >= 4 is 5.97 Å². The monoisotopic (exact) mass is 289 g/mol. The summed E-state index contributed by atoms with van der Waals surface area (Å²) in [7, 11) is 0. The van der Waals surface area contributed by atoms with Gasteiger partial charge in [-0.3, -0.25) is 4.79 Å². The summed E-state index contributed by atoms with van der Waals surface area (Å²) in [6.07, 6.45) is 2.58. The molecule has 1 fully saturated rings. The van der Waals surface area contributed by atoms with Gasteiger partial charge in [0.1, 0.15) is 0 Å². The second kappa shape index (κ2) is 7.08. The van der Waals surface area contributed by atoms with Crippen molar-refractivity contribution in [2.24, 2.45) is 5.92 Å². The molecule has 3 heteroatoms. The lowest BCUT2D eigenvalue weighted by Crippen LogP contribution is -2.30. The number of esters is 1. The van der Waals surface area contributed by atoms with E-state index in [1.54, 1.807) is 0 Å². The number of nitrogens with one attached hydrogen (secondary N) is 1. The number of rotatable bonds is 4. The van der Waals surface area contributed by atoms with Crippen molar-refractivity contribution < 1.29 is 9.53 Å². The van der Waals surface area contributed by atoms with E-state index in [0.29, 0.717) is 18.9 Å². The van der Waals surface area contributed by atoms with Crippen LogP contribution in [0.3, 0.4) is 0 Å². The smallest absolute Gasteiger partial charge is 0.310 e. The fourth-order valence-electron chi connectivity index (χ4n) is 2.60. The molecule has 1 saturated heterocycles. The van der Waals surface area contributed by atoms with Gasteiger partial charge in [-0.15, -0.1) is 0 Å². The molecule has 0 bridgehead atoms. The zero-order valence-corrected chi connectivity index (χ0v) is 13.4. The first-order valence-corrected chi connectivity index (χ1v) is 7.91. The summed E-state index contributed by atoms with van der Waals surface area (Å²) in [6.45, 7) is 9.22. The van der Waals surface area contributed by atoms with Gasteiger partial charge in [0.05, 0.1) is 13.0 Å². The Morgan fingerprint density at radius 3 is 2.38 bits per heavy atom. The molecule has 2 rings (SSSR count). The van der Waals surface area contributed by atoms with Gasteiger partial charge >= 0.3 is 5.97 Å². The SMILES string of the molecule is CC(C)(C)c1ccc(CC(=O)OCC2CCNCC2)cc1. The summed E-state index contributed by atoms with van der Waals surface area (Å²) in [5.41, 5.74) is 2.46. The molecule has 0 spiro atoms. The van der Waals surface area contributed by atoms with E-state index in [4.69, 9.17) is 4.74 Å². The molecule has 0 aromatic heterocycles. The van der Waals surface area contributed by atoms with Crippen LogP contribution in [0.4, 0.5) is 0 Å². The molecule has 0 unspecified atom stereocenters. The van der Waals surface area contributed by atoms with Crippen LogP contribution in [0.2, 0.25) is 0 Å². The predicted molar refractivity (Wildman–Crippen MR) is 85.4 cm³/mol. The van der Waals surface area contributed by atoms with Crippen molar-refractivity contribution in [3.63, 3.8) is 0 Å². The number of carbonyl (C=O) groups excluding carboxylic acids is 1. The Bertz CT molecular complexity index is 453. The number of hydrogen-bond acceptors (Lipinski definition) is 3. The number of benzene rings is 1. The minimum atomic E-state index is -0.114. The van der Waals surface area contributed by atoms with E-state index in [-0.39, 0.29) is 11.4 Å². The molecule has 0 radical (unpaired) electrons. The molecule has 0 atom stereocenters. The average molecular weight is 289 g/mol. The highest BCUT2D eigenvalue weighted by molar-refractivity contribution is 5.72. The molecule has 1 heterocycles. The van der Waals surface area contributed by atoms with E-state index < -0.39 is 0 Å². The molecule has 116 valence electrons. The Kier molecular flexibility index (Phi) is 5.40. The fourth-order valence-corrected chi connectivity index (χ4v) is 2.60. The van der Waals surface area contributed by atoms with Gasteiger partial charge in [-0.05, 0) is 48.4 Å². The molecule has 1 aliphatic heterocycles. The molecule has 0 aliphatic carbocycles. The van der Waals surface area contributed by atoms with E-state index in [9.17, 15) is 4.79 Å². The van der Waals surface area contributed by atoms with Crippen molar-refractivity contribution in [3.8, 4) is 0 Å². The molecule has 3 nitrogen and oxygen atoms in total. The lowest BCUT2D eigenvalue weighted by molar-refractivity contribution is -0.144. The maximum atomic E-state index is 11.9. The van der Waals surface area contributed by atoms with Gasteiger partial charge < -0.3 is 10.1 Å². The van der Waals surface area contributed by atoms with Gasteiger partial charge in [0.2, 0.25) is 0 Å². The lowest BCUT2D eigenvalue weighted by Gasteiger charge is -2.22. The molecular weight excluding hydrogens is 262 g/mol. The van der Waals surface area contributed by atoms with Gasteiger partial charge in [0.25, 0.3) is 0 Å². The predicted octanol–water partition coefficient (Wildman–Crippen LogP) is 3.07. The zero-order chi connectivity index (χ0) is 15.3. The molecule has 0 amide bonds. The zero-order valence-electron chi connectivity index (χ0n) is 13.4. The van der Waals surface area contributed by atoms with Crippen LogP contribution in [0.1, 0.15) is 44.7 Å². The molecule has 1 aromatic carbocycles. The van der Waals surface area contributed by atoms with E-state index in [1.807, 2.05) is 12.1 Å². The fraction of sp³-hybridized carbons (Fsp3) is 0.611. The normalized spacial score (nSPS) is 16.7. The van der Waals surface area contributed by atoms with Crippen LogP contribution in [0.15, 0.2) is 24.3 Å². The van der Waals surface area contributed by atoms with Crippen molar-refractivity contribution in [1.82, 2.24) is 5.32 Å². The number of ether oxygens (including phenoxy) is 1. The number of piperidine rings is 1. The van der Waals surface area contributed by atoms with E-state index >= 15 is 0 Å². The quantitative estimate of drug-likeness (QED) is 0.866. The van der Waals surface area contributed by atoms with E-state index in [1.165, 1.54) is 5.56 Å². The Hall–Kier alpha value is -1.35. The standard InChI is InChI=1S/C18H27NO2/c1-18(2,3)16-6-4-14(5-7-16)12-17(20)21-13-15-8-10-19-11-9-15/h4-7,15,19H,8-13H2,1-3H3. The number of hydrogen-bond donors (Lipinski definition) is 1. The van der Waals surface area contributed by atoms with Gasteiger partial charge in [0.15, 0.2) is 0 Å². The summed E-state index contributed by atoms with van der Waals surface area (Å²) in [6, 6.07) is 8.28. The average Bonchev–Trinajstić information content (AvgIpc) is 2.46. The van der Waals surface area contributed by atoms with Crippen molar-refractivity contribution in [3.05, 3.63) is 35.4 Å². The van der Waals surface area contributed by atoms with Crippen LogP contribution in [0.25, 0.3) is 0 Å². The van der Waals surface area contributed by atoms with Crippen LogP contribution >= 0.6 is 0 Å². The van der Waals surface area contributed by atoms with Crippen molar-refractivity contribution in [1.29, 1.82) is 0 Å². The second-order valence-electron chi connectivity index (χ2n) is 7.00. The second-order valence-corrected chi connectivity index (χ2v) is 7.00. The Morgan fingerprint density at radius 1 is 1.19 bits per heavy atom. The van der Waals surface area contributed by atoms with Crippen LogP contribution in [-0.4, -0.2) is 25.7 Å². The molecule has 1 aromatic rings. The van der Waals surface area contributed by atoms with Gasteiger partial charge in [-0.1, -0.05) is 45.0 Å². The van der Waals surface area contributed by atoms with Crippen LogP contribution in [0.5, 0.6) is 0 Å².